The van der Waals surface area contributed by atoms with E-state index < -0.39 is 11.0 Å². The molecule has 1 heterocycles. The molecule has 2 N–H and O–H groups in total. The zero-order valence-electron chi connectivity index (χ0n) is 14.7. The molecule has 0 amide bonds. The van der Waals surface area contributed by atoms with Crippen LogP contribution in [0.25, 0.3) is 22.1 Å². The van der Waals surface area contributed by atoms with Crippen molar-refractivity contribution in [1.29, 1.82) is 0 Å². The molecule has 4 nitrogen and oxygen atoms in total. The first-order valence-corrected chi connectivity index (χ1v) is 9.39. The minimum Gasteiger partial charge on any atom is -0.464 e. The lowest BCUT2D eigenvalue weighted by Gasteiger charge is -2.18. The maximum atomic E-state index is 12.2. The summed E-state index contributed by atoms with van der Waals surface area (Å²) in [5.74, 6) is 0. The molecular formula is C20H23NO3S. The summed E-state index contributed by atoms with van der Waals surface area (Å²) in [5, 5.41) is 10.5. The van der Waals surface area contributed by atoms with Crippen molar-refractivity contribution in [2.24, 2.45) is 0 Å². The molecule has 0 spiro atoms. The van der Waals surface area contributed by atoms with Gasteiger partial charge in [0.25, 0.3) is 0 Å². The average Bonchev–Trinajstić information content (AvgIpc) is 3.06. The van der Waals surface area contributed by atoms with Crippen LogP contribution in [0.2, 0.25) is 0 Å². The molecule has 132 valence electrons. The van der Waals surface area contributed by atoms with E-state index in [4.69, 9.17) is 4.42 Å². The smallest absolute Gasteiger partial charge is 0.141 e. The molecule has 0 aliphatic rings. The summed E-state index contributed by atoms with van der Waals surface area (Å²) in [6.45, 7) is 6.35. The first kappa shape index (κ1) is 17.9. The minimum absolute atomic E-state index is 0.0140. The van der Waals surface area contributed by atoms with Gasteiger partial charge in [-0.05, 0) is 61.7 Å². The van der Waals surface area contributed by atoms with Crippen LogP contribution in [0.5, 0.6) is 0 Å². The second kappa shape index (κ2) is 7.12. The highest BCUT2D eigenvalue weighted by Crippen LogP contribution is 2.31. The number of nitrogens with one attached hydrogen (secondary N) is 1. The van der Waals surface area contributed by atoms with Crippen LogP contribution in [0.15, 0.2) is 53.1 Å². The summed E-state index contributed by atoms with van der Waals surface area (Å²) in [5.41, 5.74) is 4.66. The third-order valence-electron chi connectivity index (χ3n) is 4.00. The minimum atomic E-state index is -1.11. The lowest BCUT2D eigenvalue weighted by Crippen LogP contribution is -2.32. The third-order valence-corrected chi connectivity index (χ3v) is 5.51. The molecular weight excluding hydrogens is 334 g/mol. The molecule has 0 fully saturated rings. The first-order valence-electron chi connectivity index (χ1n) is 8.24. The molecule has 2 aromatic carbocycles. The zero-order chi connectivity index (χ0) is 18.0. The van der Waals surface area contributed by atoms with Crippen molar-refractivity contribution < 1.29 is 13.7 Å². The maximum Gasteiger partial charge on any atom is 0.141 e. The third kappa shape index (κ3) is 4.00. The van der Waals surface area contributed by atoms with Crippen molar-refractivity contribution in [3.8, 4) is 11.1 Å². The summed E-state index contributed by atoms with van der Waals surface area (Å²) in [6.07, 6.45) is 1.66. The first-order chi connectivity index (χ1) is 11.9. The number of aliphatic hydroxyl groups excluding tert-OH is 1. The summed E-state index contributed by atoms with van der Waals surface area (Å²) >= 11 is 0. The van der Waals surface area contributed by atoms with Crippen LogP contribution >= 0.6 is 0 Å². The second-order valence-corrected chi connectivity index (χ2v) is 9.09. The van der Waals surface area contributed by atoms with Gasteiger partial charge in [0.2, 0.25) is 0 Å². The van der Waals surface area contributed by atoms with Crippen LogP contribution in [0, 0.1) is 0 Å². The quantitative estimate of drug-likeness (QED) is 0.721. The van der Waals surface area contributed by atoms with E-state index >= 15 is 0 Å². The van der Waals surface area contributed by atoms with Gasteiger partial charge in [-0.15, -0.1) is 0 Å². The van der Waals surface area contributed by atoms with Gasteiger partial charge in [-0.3, -0.25) is 0 Å². The lowest BCUT2D eigenvalue weighted by atomic mass is 9.99. The van der Waals surface area contributed by atoms with Crippen LogP contribution in [-0.4, -0.2) is 14.1 Å². The van der Waals surface area contributed by atoms with E-state index in [-0.39, 0.29) is 11.4 Å². The van der Waals surface area contributed by atoms with Gasteiger partial charge in [0.05, 0.1) is 28.6 Å². The highest BCUT2D eigenvalue weighted by Gasteiger charge is 2.19. The highest BCUT2D eigenvalue weighted by atomic mass is 32.2. The molecule has 0 aliphatic heterocycles. The summed E-state index contributed by atoms with van der Waals surface area (Å²) in [4.78, 5) is 0. The van der Waals surface area contributed by atoms with Gasteiger partial charge in [0.15, 0.2) is 0 Å². The Labute approximate surface area is 150 Å². The van der Waals surface area contributed by atoms with Crippen molar-refractivity contribution in [2.45, 2.75) is 38.7 Å². The zero-order valence-corrected chi connectivity index (χ0v) is 15.5. The Balaban J connectivity index is 1.92. The van der Waals surface area contributed by atoms with Crippen LogP contribution in [-0.2, 0) is 24.1 Å². The van der Waals surface area contributed by atoms with Crippen molar-refractivity contribution in [3.63, 3.8) is 0 Å². The van der Waals surface area contributed by atoms with Crippen LogP contribution in [0.3, 0.4) is 0 Å². The number of aliphatic hydroxyl groups is 1. The van der Waals surface area contributed by atoms with Crippen LogP contribution < -0.4 is 4.72 Å². The Morgan fingerprint density at radius 2 is 1.92 bits per heavy atom. The van der Waals surface area contributed by atoms with Gasteiger partial charge in [-0.2, -0.15) is 0 Å². The largest absolute Gasteiger partial charge is 0.464 e. The molecule has 3 aromatic rings. The van der Waals surface area contributed by atoms with Crippen molar-refractivity contribution in [2.75, 3.05) is 0 Å². The SMILES string of the molecule is CC(C)(C)S(=O)NCc1cccc(-c2cc(CO)cc3ccoc23)c1. The van der Waals surface area contributed by atoms with E-state index in [2.05, 4.69) is 10.8 Å². The molecule has 0 aliphatic carbocycles. The topological polar surface area (TPSA) is 62.5 Å². The molecule has 0 bridgehead atoms. The number of hydrogen-bond donors (Lipinski definition) is 2. The summed E-state index contributed by atoms with van der Waals surface area (Å²) in [6, 6.07) is 13.8. The molecule has 0 saturated heterocycles. The van der Waals surface area contributed by atoms with Crippen molar-refractivity contribution >= 4 is 22.0 Å². The molecule has 3 rings (SSSR count). The van der Waals surface area contributed by atoms with E-state index in [1.54, 1.807) is 6.26 Å². The summed E-state index contributed by atoms with van der Waals surface area (Å²) < 4.78 is 20.6. The van der Waals surface area contributed by atoms with Gasteiger partial charge in [0.1, 0.15) is 5.58 Å². The monoisotopic (exact) mass is 357 g/mol. The van der Waals surface area contributed by atoms with E-state index in [0.29, 0.717) is 6.54 Å². The van der Waals surface area contributed by atoms with E-state index in [1.807, 2.05) is 57.2 Å². The average molecular weight is 357 g/mol. The van der Waals surface area contributed by atoms with Crippen molar-refractivity contribution in [3.05, 3.63) is 59.9 Å². The van der Waals surface area contributed by atoms with Crippen molar-refractivity contribution in [1.82, 2.24) is 4.72 Å². The van der Waals surface area contributed by atoms with Crippen LogP contribution in [0.1, 0.15) is 31.9 Å². The van der Waals surface area contributed by atoms with E-state index in [9.17, 15) is 9.32 Å². The predicted molar refractivity (Wildman–Crippen MR) is 102 cm³/mol. The molecule has 5 heteroatoms. The fourth-order valence-corrected chi connectivity index (χ4v) is 3.39. The van der Waals surface area contributed by atoms with E-state index in [1.165, 1.54) is 0 Å². The Hall–Kier alpha value is -1.95. The highest BCUT2D eigenvalue weighted by molar-refractivity contribution is 7.84. The Kier molecular flexibility index (Phi) is 5.08. The molecule has 1 aromatic heterocycles. The predicted octanol–water partition coefficient (Wildman–Crippen LogP) is 4.14. The Bertz CT molecular complexity index is 909. The fraction of sp³-hybridized carbons (Fsp3) is 0.300. The second-order valence-electron chi connectivity index (χ2n) is 7.04. The van der Waals surface area contributed by atoms with Crippen LogP contribution in [0.4, 0.5) is 0 Å². The molecule has 0 saturated carbocycles. The molecule has 0 radical (unpaired) electrons. The van der Waals surface area contributed by atoms with E-state index in [0.717, 1.165) is 33.2 Å². The van der Waals surface area contributed by atoms with Gasteiger partial charge in [-0.1, -0.05) is 18.2 Å². The van der Waals surface area contributed by atoms with Gasteiger partial charge < -0.3 is 9.52 Å². The number of hydrogen-bond acceptors (Lipinski definition) is 3. The number of furan rings is 1. The number of fused-ring (bicyclic) bond motifs is 1. The van der Waals surface area contributed by atoms with Gasteiger partial charge >= 0.3 is 0 Å². The normalized spacial score (nSPS) is 13.3. The number of benzene rings is 2. The molecule has 25 heavy (non-hydrogen) atoms. The Morgan fingerprint density at radius 1 is 1.12 bits per heavy atom. The van der Waals surface area contributed by atoms with Gasteiger partial charge in [-0.25, -0.2) is 8.93 Å². The molecule has 1 unspecified atom stereocenters. The van der Waals surface area contributed by atoms with Gasteiger partial charge in [0, 0.05) is 17.5 Å². The Morgan fingerprint density at radius 3 is 2.64 bits per heavy atom. The standard InChI is InChI=1S/C20H23NO3S/c1-20(2,3)25(23)21-12-14-5-4-6-16(9-14)18-11-15(13-22)10-17-7-8-24-19(17)18/h4-11,21-22H,12-13H2,1-3H3. The maximum absolute atomic E-state index is 12.2. The number of rotatable bonds is 5. The lowest BCUT2D eigenvalue weighted by molar-refractivity contribution is 0.282. The fourth-order valence-electron chi connectivity index (χ4n) is 2.66. The molecule has 1 atom stereocenters. The summed E-state index contributed by atoms with van der Waals surface area (Å²) in [7, 11) is -1.11.